The van der Waals surface area contributed by atoms with Gasteiger partial charge in [-0.1, -0.05) is 72.3 Å². The van der Waals surface area contributed by atoms with E-state index in [2.05, 4.69) is 9.88 Å². The molecule has 4 amide bonds. The molecule has 7 heteroatoms. The molecule has 5 rings (SSSR count). The molecular weight excluding hydrogens is 438 g/mol. The summed E-state index contributed by atoms with van der Waals surface area (Å²) in [5.41, 5.74) is 2.87. The van der Waals surface area contributed by atoms with Gasteiger partial charge in [-0.3, -0.25) is 14.9 Å². The number of anilines is 1. The van der Waals surface area contributed by atoms with E-state index in [0.29, 0.717) is 12.1 Å². The van der Waals surface area contributed by atoms with Crippen molar-refractivity contribution in [1.29, 1.82) is 0 Å². The maximum absolute atomic E-state index is 13.2. The zero-order valence-electron chi connectivity index (χ0n) is 17.4. The van der Waals surface area contributed by atoms with Crippen LogP contribution in [0.15, 0.2) is 90.6 Å². The topological polar surface area (TPSA) is 71.4 Å². The summed E-state index contributed by atoms with van der Waals surface area (Å²) >= 11 is 6.21. The van der Waals surface area contributed by atoms with Gasteiger partial charge in [0, 0.05) is 29.2 Å². The molecule has 6 nitrogen and oxygen atoms in total. The molecule has 0 aliphatic carbocycles. The number of aromatic nitrogens is 1. The SMILES string of the molecule is O=C1NC(=O)N(c2ccccc2Cl)C(=O)/C1=C\c1cn(Cc2ccccc2)c2ccccc12. The molecule has 1 saturated heterocycles. The minimum Gasteiger partial charge on any atom is -0.342 e. The van der Waals surface area contributed by atoms with Crippen LogP contribution in [0.1, 0.15) is 11.1 Å². The summed E-state index contributed by atoms with van der Waals surface area (Å²) in [6.45, 7) is 0.634. The lowest BCUT2D eigenvalue weighted by Crippen LogP contribution is -2.54. The van der Waals surface area contributed by atoms with Crippen LogP contribution in [0.2, 0.25) is 5.02 Å². The predicted octanol–water partition coefficient (Wildman–Crippen LogP) is 5.01. The number of para-hydroxylation sites is 2. The first kappa shape index (κ1) is 20.7. The van der Waals surface area contributed by atoms with Crippen molar-refractivity contribution in [2.75, 3.05) is 4.90 Å². The van der Waals surface area contributed by atoms with Crippen LogP contribution in [0.4, 0.5) is 10.5 Å². The first-order valence-corrected chi connectivity index (χ1v) is 10.7. The van der Waals surface area contributed by atoms with Crippen LogP contribution in [-0.2, 0) is 16.1 Å². The van der Waals surface area contributed by atoms with E-state index >= 15 is 0 Å². The number of imide groups is 2. The van der Waals surface area contributed by atoms with Gasteiger partial charge in [-0.05, 0) is 29.8 Å². The van der Waals surface area contributed by atoms with Crippen molar-refractivity contribution in [1.82, 2.24) is 9.88 Å². The average molecular weight is 456 g/mol. The number of benzene rings is 3. The zero-order valence-corrected chi connectivity index (χ0v) is 18.1. The smallest absolute Gasteiger partial charge is 0.335 e. The Morgan fingerprint density at radius 2 is 1.55 bits per heavy atom. The molecule has 1 aliphatic heterocycles. The number of carbonyl (C=O) groups excluding carboxylic acids is 3. The lowest BCUT2D eigenvalue weighted by Gasteiger charge is -2.26. The van der Waals surface area contributed by atoms with Crippen molar-refractivity contribution in [2.24, 2.45) is 0 Å². The molecule has 0 radical (unpaired) electrons. The standard InChI is InChI=1S/C26H18ClN3O3/c27-21-11-5-7-13-23(21)30-25(32)20(24(31)28-26(30)33)14-18-16-29(15-17-8-2-1-3-9-17)22-12-6-4-10-19(18)22/h1-14,16H,15H2,(H,28,31,33)/b20-14-. The number of amides is 4. The summed E-state index contributed by atoms with van der Waals surface area (Å²) in [5, 5.41) is 3.37. The van der Waals surface area contributed by atoms with Gasteiger partial charge in [-0.25, -0.2) is 9.69 Å². The highest BCUT2D eigenvalue weighted by atomic mass is 35.5. The number of urea groups is 1. The van der Waals surface area contributed by atoms with Crippen LogP contribution in [0.25, 0.3) is 17.0 Å². The zero-order chi connectivity index (χ0) is 22.9. The normalized spacial score (nSPS) is 15.4. The van der Waals surface area contributed by atoms with Crippen LogP contribution in [-0.4, -0.2) is 22.4 Å². The Morgan fingerprint density at radius 3 is 2.33 bits per heavy atom. The van der Waals surface area contributed by atoms with E-state index in [-0.39, 0.29) is 16.3 Å². The van der Waals surface area contributed by atoms with Crippen LogP contribution in [0, 0.1) is 0 Å². The molecule has 0 bridgehead atoms. The summed E-state index contributed by atoms with van der Waals surface area (Å²) in [7, 11) is 0. The fraction of sp³-hybridized carbons (Fsp3) is 0.0385. The highest BCUT2D eigenvalue weighted by Gasteiger charge is 2.37. The van der Waals surface area contributed by atoms with Gasteiger partial charge < -0.3 is 4.57 Å². The first-order chi connectivity index (χ1) is 16.0. The molecule has 1 N–H and O–H groups in total. The second-order valence-electron chi connectivity index (χ2n) is 7.62. The molecule has 0 saturated carbocycles. The minimum absolute atomic E-state index is 0.142. The van der Waals surface area contributed by atoms with Crippen molar-refractivity contribution < 1.29 is 14.4 Å². The number of hydrogen-bond donors (Lipinski definition) is 1. The van der Waals surface area contributed by atoms with Gasteiger partial charge in [-0.2, -0.15) is 0 Å². The van der Waals surface area contributed by atoms with E-state index < -0.39 is 17.8 Å². The molecule has 0 spiro atoms. The van der Waals surface area contributed by atoms with Crippen molar-refractivity contribution in [2.45, 2.75) is 6.54 Å². The van der Waals surface area contributed by atoms with Gasteiger partial charge in [0.05, 0.1) is 10.7 Å². The van der Waals surface area contributed by atoms with Gasteiger partial charge in [-0.15, -0.1) is 0 Å². The molecule has 33 heavy (non-hydrogen) atoms. The number of halogens is 1. The Morgan fingerprint density at radius 1 is 0.848 bits per heavy atom. The molecule has 3 aromatic carbocycles. The molecule has 1 fully saturated rings. The maximum atomic E-state index is 13.2. The predicted molar refractivity (Wildman–Crippen MR) is 128 cm³/mol. The molecule has 0 atom stereocenters. The molecule has 1 aromatic heterocycles. The number of fused-ring (bicyclic) bond motifs is 1. The Balaban J connectivity index is 1.59. The lowest BCUT2D eigenvalue weighted by atomic mass is 10.1. The largest absolute Gasteiger partial charge is 0.342 e. The number of hydrogen-bond acceptors (Lipinski definition) is 3. The summed E-state index contributed by atoms with van der Waals surface area (Å²) < 4.78 is 2.07. The van der Waals surface area contributed by atoms with E-state index in [4.69, 9.17) is 11.6 Å². The quantitative estimate of drug-likeness (QED) is 0.347. The van der Waals surface area contributed by atoms with Gasteiger partial charge in [0.15, 0.2) is 0 Å². The Hall–Kier alpha value is -4.16. The molecule has 2 heterocycles. The van der Waals surface area contributed by atoms with E-state index in [1.807, 2.05) is 60.8 Å². The summed E-state index contributed by atoms with van der Waals surface area (Å²) in [6.07, 6.45) is 3.43. The third-order valence-electron chi connectivity index (χ3n) is 5.51. The van der Waals surface area contributed by atoms with E-state index in [9.17, 15) is 14.4 Å². The van der Waals surface area contributed by atoms with Crippen LogP contribution < -0.4 is 10.2 Å². The average Bonchev–Trinajstić information content (AvgIpc) is 3.16. The highest BCUT2D eigenvalue weighted by molar-refractivity contribution is 6.42. The van der Waals surface area contributed by atoms with Gasteiger partial charge >= 0.3 is 6.03 Å². The molecular formula is C26H18ClN3O3. The molecule has 1 aliphatic rings. The van der Waals surface area contributed by atoms with E-state index in [1.165, 1.54) is 6.08 Å². The summed E-state index contributed by atoms with van der Waals surface area (Å²) in [5.74, 6) is -1.47. The number of nitrogens with zero attached hydrogens (tertiary/aromatic N) is 2. The van der Waals surface area contributed by atoms with Crippen LogP contribution in [0.3, 0.4) is 0 Å². The van der Waals surface area contributed by atoms with E-state index in [1.54, 1.807) is 24.3 Å². The number of barbiturate groups is 1. The van der Waals surface area contributed by atoms with Gasteiger partial charge in [0.25, 0.3) is 11.8 Å². The highest BCUT2D eigenvalue weighted by Crippen LogP contribution is 2.30. The van der Waals surface area contributed by atoms with Gasteiger partial charge in [0.2, 0.25) is 0 Å². The van der Waals surface area contributed by atoms with Crippen molar-refractivity contribution in [3.63, 3.8) is 0 Å². The Labute approximate surface area is 194 Å². The third-order valence-corrected chi connectivity index (χ3v) is 5.83. The Bertz CT molecular complexity index is 1440. The minimum atomic E-state index is -0.832. The fourth-order valence-corrected chi connectivity index (χ4v) is 4.19. The summed E-state index contributed by atoms with van der Waals surface area (Å²) in [4.78, 5) is 39.2. The van der Waals surface area contributed by atoms with Crippen molar-refractivity contribution in [3.05, 3.63) is 107 Å². The Kier molecular flexibility index (Phi) is 5.28. The maximum Gasteiger partial charge on any atom is 0.335 e. The van der Waals surface area contributed by atoms with Gasteiger partial charge in [0.1, 0.15) is 5.57 Å². The first-order valence-electron chi connectivity index (χ1n) is 10.3. The number of carbonyl (C=O) groups is 3. The second-order valence-corrected chi connectivity index (χ2v) is 8.03. The van der Waals surface area contributed by atoms with Crippen molar-refractivity contribution in [3.8, 4) is 0 Å². The molecule has 4 aromatic rings. The molecule has 0 unspecified atom stereocenters. The number of nitrogens with one attached hydrogen (secondary N) is 1. The summed E-state index contributed by atoms with van der Waals surface area (Å²) in [6, 6.07) is 23.4. The monoisotopic (exact) mass is 455 g/mol. The van der Waals surface area contributed by atoms with Crippen LogP contribution >= 0.6 is 11.6 Å². The van der Waals surface area contributed by atoms with E-state index in [0.717, 1.165) is 21.4 Å². The lowest BCUT2D eigenvalue weighted by molar-refractivity contribution is -0.122. The molecule has 162 valence electrons. The fourth-order valence-electron chi connectivity index (χ4n) is 3.97. The number of rotatable bonds is 4. The van der Waals surface area contributed by atoms with Crippen LogP contribution in [0.5, 0.6) is 0 Å². The third kappa shape index (κ3) is 3.81. The van der Waals surface area contributed by atoms with Crippen molar-refractivity contribution >= 4 is 52.1 Å². The second kappa shape index (κ2) is 8.41.